The summed E-state index contributed by atoms with van der Waals surface area (Å²) in [7, 11) is -29.2. The molecule has 6 fully saturated rings. The standard InChI is InChI=1S/C44H70NO20Si9/c1-8-9-10-11-12-13-14-15-27-49-42-20-16-18-39(35-42)40-19-17-21-43(36-40)51-33-31-48-29-28-47-30-32-50-41-24-22-38(23-25-41)37-52-44(46)45-26-34-66-53-74-63-71(5)57-68(2)54-67-55-69(3,59-71)61-73(7,65-74)62-70(4,56-67)60-72(6,58-68)64-74/h16-25,35-36H,8-15,26-34,37H2,1-7H3,(H,45,46). The van der Waals surface area contributed by atoms with E-state index in [4.69, 9.17) is 81.9 Å². The quantitative estimate of drug-likeness (QED) is 0.0521. The summed E-state index contributed by atoms with van der Waals surface area (Å²) in [6, 6.07) is 23.9. The first-order valence-corrected chi connectivity index (χ1v) is 42.7. The summed E-state index contributed by atoms with van der Waals surface area (Å²) in [5, 5.41) is 2.75. The van der Waals surface area contributed by atoms with Crippen LogP contribution in [0.3, 0.4) is 0 Å². The van der Waals surface area contributed by atoms with Crippen molar-refractivity contribution in [2.45, 2.75) is 110 Å². The molecule has 0 saturated carbocycles. The lowest BCUT2D eigenvalue weighted by atomic mass is 10.1. The number of rotatable bonds is 29. The monoisotopic (exact) mass is 1180 g/mol. The first-order chi connectivity index (χ1) is 35.5. The summed E-state index contributed by atoms with van der Waals surface area (Å²) in [6.07, 6.45) is 9.63. The van der Waals surface area contributed by atoms with Crippen LogP contribution >= 0.6 is 0 Å². The number of amides is 1. The Morgan fingerprint density at radius 3 is 1.50 bits per heavy atom. The van der Waals surface area contributed by atoms with Crippen molar-refractivity contribution in [1.82, 2.24) is 5.32 Å². The fourth-order valence-corrected chi connectivity index (χ4v) is 49.9. The maximum atomic E-state index is 12.7. The van der Waals surface area contributed by atoms with E-state index in [0.717, 1.165) is 41.2 Å². The number of benzene rings is 3. The summed E-state index contributed by atoms with van der Waals surface area (Å²) in [4.78, 5) is 12.7. The summed E-state index contributed by atoms with van der Waals surface area (Å²) in [5.74, 6) is 2.34. The SMILES string of the molecule is CCCCCCCCCCOc1cccc(-c2cccc(OCCOCCOCCOc3ccc(COC(=O)NCC[Si]O[Si]45O[Si]6(C)O[Si]7(C)O[Si]8O[Si](C)(O6)O[Si](C)(O[Si](C)(O8)O[Si](C)(O7)O4)O5)cc3)c2)c1. The van der Waals surface area contributed by atoms with Gasteiger partial charge in [0, 0.05) is 45.8 Å². The Hall–Kier alpha value is -2.32. The third-order valence-corrected chi connectivity index (χ3v) is 45.3. The van der Waals surface area contributed by atoms with Crippen molar-refractivity contribution in [2.24, 2.45) is 0 Å². The van der Waals surface area contributed by atoms with Gasteiger partial charge in [0.25, 0.3) is 0 Å². The molecule has 1 amide bonds. The largest absolute Gasteiger partial charge is 0.646 e. The normalized spacial score (nSPS) is 30.2. The zero-order valence-electron chi connectivity index (χ0n) is 43.3. The maximum Gasteiger partial charge on any atom is 0.646 e. The van der Waals surface area contributed by atoms with E-state index < -0.39 is 77.5 Å². The van der Waals surface area contributed by atoms with Crippen molar-refractivity contribution in [3.63, 3.8) is 0 Å². The van der Waals surface area contributed by atoms with Gasteiger partial charge >= 0.3 is 77.5 Å². The van der Waals surface area contributed by atoms with Gasteiger partial charge in [-0.15, -0.1) is 0 Å². The van der Waals surface area contributed by atoms with Crippen LogP contribution in [0.5, 0.6) is 17.2 Å². The summed E-state index contributed by atoms with van der Waals surface area (Å²) < 4.78 is 119. The lowest BCUT2D eigenvalue weighted by molar-refractivity contribution is -0.0313. The molecule has 74 heavy (non-hydrogen) atoms. The number of hydrogen-bond acceptors (Lipinski definition) is 20. The average molecular weight is 1190 g/mol. The fraction of sp³-hybridized carbons (Fsp3) is 0.568. The molecule has 0 aliphatic carbocycles. The molecule has 3 aromatic carbocycles. The van der Waals surface area contributed by atoms with Crippen molar-refractivity contribution in [1.29, 1.82) is 0 Å². The highest BCUT2D eigenvalue weighted by atomic mass is 28.6. The molecular formula is C44H70NO20Si9. The van der Waals surface area contributed by atoms with E-state index >= 15 is 0 Å². The molecule has 0 atom stereocenters. The molecule has 30 heteroatoms. The predicted octanol–water partition coefficient (Wildman–Crippen LogP) is 7.74. The van der Waals surface area contributed by atoms with E-state index in [1.54, 1.807) is 39.3 Å². The molecule has 9 rings (SSSR count). The van der Waals surface area contributed by atoms with E-state index in [2.05, 4.69) is 30.4 Å². The maximum absolute atomic E-state index is 12.7. The van der Waals surface area contributed by atoms with Crippen LogP contribution in [0, 0.1) is 0 Å². The van der Waals surface area contributed by atoms with Crippen LogP contribution in [0.4, 0.5) is 4.79 Å². The molecule has 0 spiro atoms. The molecular weight excluding hydrogens is 1120 g/mol. The number of alkyl carbamates (subject to hydrolysis) is 1. The first kappa shape index (κ1) is 57.8. The second-order valence-corrected chi connectivity index (χ2v) is 41.8. The molecule has 21 nitrogen and oxygen atoms in total. The Balaban J connectivity index is 0.669. The Kier molecular flexibility index (Phi) is 20.4. The number of carbonyl (C=O) groups excluding carboxylic acids is 1. The van der Waals surface area contributed by atoms with Gasteiger partial charge in [0.15, 0.2) is 0 Å². The molecule has 407 valence electrons. The number of carbonyl (C=O) groups is 1. The molecule has 0 unspecified atom stereocenters. The van der Waals surface area contributed by atoms with Crippen LogP contribution in [-0.4, -0.2) is 140 Å². The number of unbranched alkanes of at least 4 members (excludes halogenated alkanes) is 7. The third-order valence-electron chi connectivity index (χ3n) is 11.6. The smallest absolute Gasteiger partial charge is 0.494 e. The molecule has 1 N–H and O–H groups in total. The van der Waals surface area contributed by atoms with Crippen molar-refractivity contribution in [3.05, 3.63) is 78.4 Å². The van der Waals surface area contributed by atoms with Gasteiger partial charge in [-0.3, -0.25) is 0 Å². The highest BCUT2D eigenvalue weighted by Gasteiger charge is 2.78. The van der Waals surface area contributed by atoms with Gasteiger partial charge in [0.2, 0.25) is 9.76 Å². The second-order valence-electron chi connectivity index (χ2n) is 18.6. The number of ether oxygens (including phenoxy) is 6. The van der Waals surface area contributed by atoms with Crippen molar-refractivity contribution >= 4 is 87.3 Å². The first-order valence-electron chi connectivity index (χ1n) is 25.4. The van der Waals surface area contributed by atoms with Gasteiger partial charge in [0.1, 0.15) is 37.1 Å². The fourth-order valence-electron chi connectivity index (χ4n) is 8.67. The molecule has 6 heterocycles. The minimum absolute atomic E-state index is 0.0584. The van der Waals surface area contributed by atoms with Crippen LogP contribution in [0.25, 0.3) is 11.1 Å². The topological polar surface area (TPSA) is 204 Å². The average Bonchev–Trinajstić information content (AvgIpc) is 3.31. The third kappa shape index (κ3) is 17.1. The van der Waals surface area contributed by atoms with E-state index in [0.29, 0.717) is 51.4 Å². The minimum Gasteiger partial charge on any atom is -0.494 e. The minimum atomic E-state index is -4.27. The van der Waals surface area contributed by atoms with Gasteiger partial charge in [0.05, 0.1) is 33.0 Å². The van der Waals surface area contributed by atoms with Gasteiger partial charge in [-0.2, -0.15) is 0 Å². The summed E-state index contributed by atoms with van der Waals surface area (Å²) in [6.45, 7) is 15.8. The molecule has 6 aliphatic rings. The van der Waals surface area contributed by atoms with Gasteiger partial charge in [-0.05, 0) is 65.6 Å². The van der Waals surface area contributed by atoms with Crippen molar-refractivity contribution < 1.29 is 86.7 Å². The Morgan fingerprint density at radius 1 is 0.527 bits per heavy atom. The zero-order chi connectivity index (χ0) is 52.2. The van der Waals surface area contributed by atoms with Crippen molar-refractivity contribution in [3.8, 4) is 28.4 Å². The highest BCUT2D eigenvalue weighted by molar-refractivity contribution is 7.00. The van der Waals surface area contributed by atoms with Crippen LogP contribution in [0.1, 0.15) is 63.9 Å². The molecule has 6 aliphatic heterocycles. The molecule has 3 aromatic rings. The van der Waals surface area contributed by atoms with Crippen LogP contribution < -0.4 is 19.5 Å². The second kappa shape index (κ2) is 26.1. The Bertz CT molecular complexity index is 2170. The van der Waals surface area contributed by atoms with Gasteiger partial charge in [-0.25, -0.2) is 4.79 Å². The van der Waals surface area contributed by atoms with Crippen molar-refractivity contribution in [2.75, 3.05) is 52.8 Å². The molecule has 6 saturated heterocycles. The number of nitrogens with one attached hydrogen (secondary N) is 1. The number of hydrogen-bond donors (Lipinski definition) is 1. The van der Waals surface area contributed by atoms with Crippen LogP contribution in [-0.2, 0) is 74.3 Å². The Morgan fingerprint density at radius 2 is 0.986 bits per heavy atom. The van der Waals surface area contributed by atoms with E-state index in [9.17, 15) is 4.79 Å². The van der Waals surface area contributed by atoms with Crippen LogP contribution in [0.15, 0.2) is 72.8 Å². The van der Waals surface area contributed by atoms with E-state index in [1.165, 1.54) is 44.9 Å². The van der Waals surface area contributed by atoms with Gasteiger partial charge < -0.3 is 87.2 Å². The zero-order valence-corrected chi connectivity index (χ0v) is 52.3. The molecule has 8 bridgehead atoms. The predicted molar refractivity (Wildman–Crippen MR) is 283 cm³/mol. The Labute approximate surface area is 446 Å². The molecule has 0 aromatic heterocycles. The molecule has 3 radical (unpaired) electrons. The highest BCUT2D eigenvalue weighted by Crippen LogP contribution is 2.46. The lowest BCUT2D eigenvalue weighted by Crippen LogP contribution is -2.85. The lowest BCUT2D eigenvalue weighted by Gasteiger charge is -2.58. The van der Waals surface area contributed by atoms with Gasteiger partial charge in [-0.1, -0.05) is 88.3 Å². The van der Waals surface area contributed by atoms with E-state index in [-0.39, 0.29) is 22.9 Å². The van der Waals surface area contributed by atoms with E-state index in [1.807, 2.05) is 54.6 Å². The van der Waals surface area contributed by atoms with Crippen LogP contribution in [0.2, 0.25) is 45.3 Å². The summed E-state index contributed by atoms with van der Waals surface area (Å²) >= 11 is 0. The summed E-state index contributed by atoms with van der Waals surface area (Å²) in [5.41, 5.74) is 2.94.